The number of carboxylic acid groups (broad SMARTS) is 1. The number of likely N-dealkylation sites (tertiary alicyclic amines) is 1. The average Bonchev–Trinajstić information content (AvgIpc) is 2.99. The molecule has 0 bridgehead atoms. The molecule has 3 aliphatic rings. The average molecular weight is 411 g/mol. The van der Waals surface area contributed by atoms with Crippen LogP contribution in [0.5, 0.6) is 0 Å². The highest BCUT2D eigenvalue weighted by atomic mass is 16.6. The Hall–Kier alpha value is -1.38. The van der Waals surface area contributed by atoms with E-state index in [1.165, 1.54) is 0 Å². The highest BCUT2D eigenvalue weighted by molar-refractivity contribution is 5.70. The topological polar surface area (TPSA) is 76.6 Å². The highest BCUT2D eigenvalue weighted by Gasteiger charge is 2.35. The summed E-state index contributed by atoms with van der Waals surface area (Å²) < 4.78 is 5.64. The Kier molecular flexibility index (Phi) is 7.40. The number of carbonyl (C=O) groups is 2. The summed E-state index contributed by atoms with van der Waals surface area (Å²) in [6.07, 6.45) is 2.27. The maximum Gasteiger partial charge on any atom is 0.410 e. The van der Waals surface area contributed by atoms with Crippen LogP contribution in [0.1, 0.15) is 40.0 Å². The second kappa shape index (κ2) is 9.62. The molecule has 0 aromatic rings. The highest BCUT2D eigenvalue weighted by Crippen LogP contribution is 2.26. The Morgan fingerprint density at radius 1 is 1.03 bits per heavy atom. The van der Waals surface area contributed by atoms with Gasteiger partial charge in [-0.1, -0.05) is 0 Å². The van der Waals surface area contributed by atoms with Gasteiger partial charge >= 0.3 is 12.1 Å². The normalized spacial score (nSPS) is 26.1. The molecule has 3 saturated heterocycles. The standard InChI is InChI=1S/C21H38N4O4/c1-21(2,3)25-8-4-17(5-9-25)14-24-16-18(29-20(24)28)15-23-12-10-22(11-13-23)7-6-19(26)27/h17-18H,4-16H2,1-3H3,(H,26,27). The molecule has 29 heavy (non-hydrogen) atoms. The zero-order valence-corrected chi connectivity index (χ0v) is 18.3. The van der Waals surface area contributed by atoms with Crippen molar-refractivity contribution in [2.75, 3.05) is 65.4 Å². The van der Waals surface area contributed by atoms with Gasteiger partial charge in [0, 0.05) is 51.4 Å². The van der Waals surface area contributed by atoms with Crippen molar-refractivity contribution < 1.29 is 19.4 Å². The SMILES string of the molecule is CC(C)(C)N1CCC(CN2CC(CN3CCN(CCC(=O)O)CC3)OC2=O)CC1. The van der Waals surface area contributed by atoms with Gasteiger partial charge in [-0.05, 0) is 52.6 Å². The van der Waals surface area contributed by atoms with Crippen molar-refractivity contribution in [3.8, 4) is 0 Å². The number of nitrogens with zero attached hydrogens (tertiary/aromatic N) is 4. The number of piperazine rings is 1. The fourth-order valence-electron chi connectivity index (χ4n) is 4.65. The number of cyclic esters (lactones) is 1. The van der Waals surface area contributed by atoms with Crippen LogP contribution in [0.15, 0.2) is 0 Å². The summed E-state index contributed by atoms with van der Waals surface area (Å²) in [6.45, 7) is 15.5. The van der Waals surface area contributed by atoms with Crippen molar-refractivity contribution >= 4 is 12.1 Å². The molecular weight excluding hydrogens is 372 g/mol. The predicted molar refractivity (Wildman–Crippen MR) is 111 cm³/mol. The third-order valence-electron chi connectivity index (χ3n) is 6.56. The zero-order valence-electron chi connectivity index (χ0n) is 18.3. The van der Waals surface area contributed by atoms with Crippen LogP contribution in [0, 0.1) is 5.92 Å². The molecule has 0 aliphatic carbocycles. The molecule has 3 fully saturated rings. The molecule has 3 heterocycles. The number of hydrogen-bond donors (Lipinski definition) is 1. The van der Waals surface area contributed by atoms with Gasteiger partial charge in [0.25, 0.3) is 0 Å². The second-order valence-electron chi connectivity index (χ2n) is 9.80. The van der Waals surface area contributed by atoms with E-state index in [0.29, 0.717) is 19.0 Å². The molecule has 3 aliphatic heterocycles. The molecule has 1 amide bonds. The van der Waals surface area contributed by atoms with E-state index < -0.39 is 5.97 Å². The second-order valence-corrected chi connectivity index (χ2v) is 9.80. The number of hydrogen-bond acceptors (Lipinski definition) is 6. The number of rotatable bonds is 7. The number of ether oxygens (including phenoxy) is 1. The van der Waals surface area contributed by atoms with E-state index in [0.717, 1.165) is 65.2 Å². The van der Waals surface area contributed by atoms with E-state index >= 15 is 0 Å². The van der Waals surface area contributed by atoms with Crippen LogP contribution >= 0.6 is 0 Å². The maximum absolute atomic E-state index is 12.3. The van der Waals surface area contributed by atoms with E-state index in [2.05, 4.69) is 35.5 Å². The summed E-state index contributed by atoms with van der Waals surface area (Å²) in [5.74, 6) is -0.174. The molecule has 3 rings (SSSR count). The van der Waals surface area contributed by atoms with Crippen LogP contribution in [0.25, 0.3) is 0 Å². The third-order valence-corrected chi connectivity index (χ3v) is 6.56. The monoisotopic (exact) mass is 410 g/mol. The van der Waals surface area contributed by atoms with Crippen molar-refractivity contribution in [3.05, 3.63) is 0 Å². The van der Waals surface area contributed by atoms with Gasteiger partial charge in [-0.3, -0.25) is 14.6 Å². The minimum absolute atomic E-state index is 0.0530. The fraction of sp³-hybridized carbons (Fsp3) is 0.905. The van der Waals surface area contributed by atoms with Gasteiger partial charge in [0.05, 0.1) is 13.0 Å². The van der Waals surface area contributed by atoms with Gasteiger partial charge in [-0.25, -0.2) is 4.79 Å². The smallest absolute Gasteiger partial charge is 0.410 e. The van der Waals surface area contributed by atoms with E-state index in [-0.39, 0.29) is 24.2 Å². The van der Waals surface area contributed by atoms with Crippen LogP contribution in [0.4, 0.5) is 4.79 Å². The van der Waals surface area contributed by atoms with E-state index in [1.807, 2.05) is 4.90 Å². The Bertz CT molecular complexity index is 564. The lowest BCUT2D eigenvalue weighted by atomic mass is 9.92. The number of piperidine rings is 1. The number of amides is 1. The molecule has 166 valence electrons. The minimum Gasteiger partial charge on any atom is -0.481 e. The summed E-state index contributed by atoms with van der Waals surface area (Å²) >= 11 is 0. The van der Waals surface area contributed by atoms with Gasteiger partial charge in [-0.15, -0.1) is 0 Å². The lowest BCUT2D eigenvalue weighted by Crippen LogP contribution is -2.49. The number of aliphatic carboxylic acids is 1. The summed E-state index contributed by atoms with van der Waals surface area (Å²) in [5.41, 5.74) is 0.223. The number of carbonyl (C=O) groups excluding carboxylic acids is 1. The van der Waals surface area contributed by atoms with E-state index in [1.54, 1.807) is 0 Å². The molecule has 1 N–H and O–H groups in total. The van der Waals surface area contributed by atoms with Crippen molar-refractivity contribution in [1.82, 2.24) is 19.6 Å². The van der Waals surface area contributed by atoms with E-state index in [9.17, 15) is 9.59 Å². The Morgan fingerprint density at radius 3 is 2.24 bits per heavy atom. The van der Waals surface area contributed by atoms with Gasteiger partial charge in [-0.2, -0.15) is 0 Å². The Balaban J connectivity index is 1.36. The first-order chi connectivity index (χ1) is 13.7. The summed E-state index contributed by atoms with van der Waals surface area (Å²) in [5, 5.41) is 8.81. The predicted octanol–water partition coefficient (Wildman–Crippen LogP) is 1.41. The van der Waals surface area contributed by atoms with Crippen LogP contribution in [-0.4, -0.2) is 114 Å². The van der Waals surface area contributed by atoms with Gasteiger partial charge in [0.2, 0.25) is 0 Å². The van der Waals surface area contributed by atoms with E-state index in [4.69, 9.17) is 9.84 Å². The third kappa shape index (κ3) is 6.55. The van der Waals surface area contributed by atoms with Crippen molar-refractivity contribution in [2.24, 2.45) is 5.92 Å². The molecule has 8 heteroatoms. The van der Waals surface area contributed by atoms with Crippen molar-refractivity contribution in [2.45, 2.75) is 51.7 Å². The minimum atomic E-state index is -0.741. The van der Waals surface area contributed by atoms with Gasteiger partial charge < -0.3 is 19.6 Å². The van der Waals surface area contributed by atoms with Crippen LogP contribution in [-0.2, 0) is 9.53 Å². The van der Waals surface area contributed by atoms with Crippen LogP contribution in [0.3, 0.4) is 0 Å². The molecule has 0 radical (unpaired) electrons. The number of carboxylic acids is 1. The van der Waals surface area contributed by atoms with Gasteiger partial charge in [0.15, 0.2) is 0 Å². The molecule has 1 unspecified atom stereocenters. The summed E-state index contributed by atoms with van der Waals surface area (Å²) in [7, 11) is 0. The first-order valence-corrected chi connectivity index (χ1v) is 11.1. The largest absolute Gasteiger partial charge is 0.481 e. The molecule has 0 aromatic heterocycles. The molecule has 0 aromatic carbocycles. The lowest BCUT2D eigenvalue weighted by Gasteiger charge is -2.41. The maximum atomic E-state index is 12.3. The molecule has 0 saturated carbocycles. The summed E-state index contributed by atoms with van der Waals surface area (Å²) in [6, 6.07) is 0. The molecular formula is C21H38N4O4. The molecule has 0 spiro atoms. The van der Waals surface area contributed by atoms with Crippen LogP contribution < -0.4 is 0 Å². The Labute approximate surface area is 174 Å². The summed E-state index contributed by atoms with van der Waals surface area (Å²) in [4.78, 5) is 32.0. The fourth-order valence-corrected chi connectivity index (χ4v) is 4.65. The molecule has 8 nitrogen and oxygen atoms in total. The zero-order chi connectivity index (χ0) is 21.0. The van der Waals surface area contributed by atoms with Gasteiger partial charge in [0.1, 0.15) is 6.10 Å². The molecule has 1 atom stereocenters. The quantitative estimate of drug-likeness (QED) is 0.680. The van der Waals surface area contributed by atoms with Crippen LogP contribution in [0.2, 0.25) is 0 Å². The Morgan fingerprint density at radius 2 is 1.66 bits per heavy atom. The lowest BCUT2D eigenvalue weighted by molar-refractivity contribution is -0.137. The first kappa shape index (κ1) is 22.3. The van der Waals surface area contributed by atoms with Crippen molar-refractivity contribution in [3.63, 3.8) is 0 Å². The van der Waals surface area contributed by atoms with Crippen molar-refractivity contribution in [1.29, 1.82) is 0 Å². The first-order valence-electron chi connectivity index (χ1n) is 11.1.